The van der Waals surface area contributed by atoms with Crippen molar-refractivity contribution in [2.45, 2.75) is 0 Å². The van der Waals surface area contributed by atoms with Crippen molar-refractivity contribution in [3.63, 3.8) is 0 Å². The predicted octanol–water partition coefficient (Wildman–Crippen LogP) is 3.30. The second-order valence-electron chi connectivity index (χ2n) is 5.80. The standard InChI is InChI=1S/C19H13BrN4O5/c20-13-8-12(17(25)16(9-13)24(28)29)10-21-23-19(27)18(26)22-15-7-3-5-11-4-1-2-6-14(11)15/h1-10,25H,(H,22,26)(H,23,27). The van der Waals surface area contributed by atoms with Crippen molar-refractivity contribution >= 4 is 56.1 Å². The molecule has 29 heavy (non-hydrogen) atoms. The van der Waals surface area contributed by atoms with E-state index in [4.69, 9.17) is 0 Å². The number of carbonyl (C=O) groups is 2. The van der Waals surface area contributed by atoms with Crippen molar-refractivity contribution in [3.05, 3.63) is 74.7 Å². The number of benzene rings is 3. The Morgan fingerprint density at radius 1 is 1.10 bits per heavy atom. The summed E-state index contributed by atoms with van der Waals surface area (Å²) in [5.41, 5.74) is 1.94. The fourth-order valence-corrected chi connectivity index (χ4v) is 3.03. The maximum atomic E-state index is 12.1. The van der Waals surface area contributed by atoms with E-state index in [9.17, 15) is 24.8 Å². The Morgan fingerprint density at radius 2 is 1.83 bits per heavy atom. The summed E-state index contributed by atoms with van der Waals surface area (Å²) in [4.78, 5) is 34.3. The number of rotatable bonds is 4. The fourth-order valence-electron chi connectivity index (χ4n) is 2.57. The Morgan fingerprint density at radius 3 is 2.59 bits per heavy atom. The van der Waals surface area contributed by atoms with Crippen molar-refractivity contribution in [2.24, 2.45) is 5.10 Å². The highest BCUT2D eigenvalue weighted by molar-refractivity contribution is 9.10. The number of halogens is 1. The Labute approximate surface area is 172 Å². The Hall–Kier alpha value is -3.79. The number of amides is 2. The third-order valence-corrected chi connectivity index (χ3v) is 4.35. The van der Waals surface area contributed by atoms with Crippen molar-refractivity contribution in [2.75, 3.05) is 5.32 Å². The average Bonchev–Trinajstić information content (AvgIpc) is 2.70. The van der Waals surface area contributed by atoms with E-state index in [0.29, 0.717) is 10.2 Å². The van der Waals surface area contributed by atoms with Gasteiger partial charge in [-0.3, -0.25) is 19.7 Å². The Kier molecular flexibility index (Phi) is 5.84. The van der Waals surface area contributed by atoms with Crippen LogP contribution in [-0.4, -0.2) is 28.1 Å². The van der Waals surface area contributed by atoms with E-state index in [1.165, 1.54) is 6.07 Å². The predicted molar refractivity (Wildman–Crippen MR) is 111 cm³/mol. The molecule has 0 aliphatic rings. The molecule has 0 aliphatic carbocycles. The number of nitrogens with one attached hydrogen (secondary N) is 2. The smallest absolute Gasteiger partial charge is 0.329 e. The zero-order chi connectivity index (χ0) is 21.0. The van der Waals surface area contributed by atoms with Gasteiger partial charge in [-0.05, 0) is 17.5 Å². The molecule has 0 bridgehead atoms. The maximum absolute atomic E-state index is 12.1. The summed E-state index contributed by atoms with van der Waals surface area (Å²) in [7, 11) is 0. The molecule has 3 aromatic rings. The molecular weight excluding hydrogens is 444 g/mol. The maximum Gasteiger partial charge on any atom is 0.329 e. The first-order chi connectivity index (χ1) is 13.9. The molecule has 0 saturated heterocycles. The first-order valence-electron chi connectivity index (χ1n) is 8.16. The summed E-state index contributed by atoms with van der Waals surface area (Å²) >= 11 is 3.09. The average molecular weight is 457 g/mol. The van der Waals surface area contributed by atoms with E-state index in [-0.39, 0.29) is 5.56 Å². The van der Waals surface area contributed by atoms with Gasteiger partial charge in [-0.2, -0.15) is 5.10 Å². The van der Waals surface area contributed by atoms with Gasteiger partial charge in [0.05, 0.1) is 11.1 Å². The van der Waals surface area contributed by atoms with Crippen LogP contribution in [0.25, 0.3) is 10.8 Å². The first-order valence-corrected chi connectivity index (χ1v) is 8.95. The van der Waals surface area contributed by atoms with Crippen LogP contribution in [0.4, 0.5) is 11.4 Å². The molecule has 3 aromatic carbocycles. The molecule has 3 N–H and O–H groups in total. The van der Waals surface area contributed by atoms with Gasteiger partial charge >= 0.3 is 17.5 Å². The molecular formula is C19H13BrN4O5. The van der Waals surface area contributed by atoms with Crippen molar-refractivity contribution in [1.82, 2.24) is 5.43 Å². The summed E-state index contributed by atoms with van der Waals surface area (Å²) in [6.07, 6.45) is 0.996. The van der Waals surface area contributed by atoms with E-state index in [1.807, 2.05) is 35.8 Å². The molecule has 0 aliphatic heterocycles. The van der Waals surface area contributed by atoms with Gasteiger partial charge in [0.2, 0.25) is 5.75 Å². The molecule has 0 unspecified atom stereocenters. The van der Waals surface area contributed by atoms with Crippen LogP contribution in [0.3, 0.4) is 0 Å². The third-order valence-electron chi connectivity index (χ3n) is 3.89. The van der Waals surface area contributed by atoms with Crippen molar-refractivity contribution in [3.8, 4) is 5.75 Å². The minimum atomic E-state index is -1.04. The minimum absolute atomic E-state index is 0.0131. The van der Waals surface area contributed by atoms with Gasteiger partial charge in [-0.15, -0.1) is 0 Å². The van der Waals surface area contributed by atoms with Crippen LogP contribution >= 0.6 is 15.9 Å². The summed E-state index contributed by atoms with van der Waals surface area (Å²) in [6, 6.07) is 15.1. The number of carbonyl (C=O) groups excluding carboxylic acids is 2. The van der Waals surface area contributed by atoms with Crippen molar-refractivity contribution in [1.29, 1.82) is 0 Å². The molecule has 0 radical (unpaired) electrons. The molecule has 0 saturated carbocycles. The third kappa shape index (κ3) is 4.55. The van der Waals surface area contributed by atoms with E-state index in [2.05, 4.69) is 26.3 Å². The number of phenols is 1. The molecule has 0 aromatic heterocycles. The van der Waals surface area contributed by atoms with Gasteiger partial charge in [0.25, 0.3) is 0 Å². The van der Waals surface area contributed by atoms with Gasteiger partial charge < -0.3 is 10.4 Å². The zero-order valence-corrected chi connectivity index (χ0v) is 16.2. The fraction of sp³-hybridized carbons (Fsp3) is 0. The number of phenolic OH excluding ortho intramolecular Hbond substituents is 1. The van der Waals surface area contributed by atoms with Gasteiger partial charge in [-0.25, -0.2) is 5.43 Å². The number of hydrazone groups is 1. The van der Waals surface area contributed by atoms with E-state index in [0.717, 1.165) is 23.1 Å². The summed E-state index contributed by atoms with van der Waals surface area (Å²) in [5.74, 6) is -2.60. The second-order valence-corrected chi connectivity index (χ2v) is 6.72. The van der Waals surface area contributed by atoms with Crippen LogP contribution in [0.5, 0.6) is 5.75 Å². The lowest BCUT2D eigenvalue weighted by molar-refractivity contribution is -0.385. The van der Waals surface area contributed by atoms with Crippen LogP contribution in [0.2, 0.25) is 0 Å². The number of hydrogen-bond acceptors (Lipinski definition) is 6. The van der Waals surface area contributed by atoms with Gasteiger partial charge in [-0.1, -0.05) is 52.3 Å². The highest BCUT2D eigenvalue weighted by Gasteiger charge is 2.18. The van der Waals surface area contributed by atoms with Crippen LogP contribution in [-0.2, 0) is 9.59 Å². The molecule has 0 fully saturated rings. The van der Waals surface area contributed by atoms with E-state index < -0.39 is 28.2 Å². The van der Waals surface area contributed by atoms with Crippen LogP contribution < -0.4 is 10.7 Å². The molecule has 0 spiro atoms. The van der Waals surface area contributed by atoms with Crippen LogP contribution in [0.15, 0.2) is 64.2 Å². The summed E-state index contributed by atoms with van der Waals surface area (Å²) in [6.45, 7) is 0. The lowest BCUT2D eigenvalue weighted by Gasteiger charge is -2.07. The Balaban J connectivity index is 1.71. The summed E-state index contributed by atoms with van der Waals surface area (Å²) in [5, 5.41) is 28.6. The molecule has 0 heterocycles. The Bertz CT molecular complexity index is 1160. The van der Waals surface area contributed by atoms with Gasteiger partial charge in [0.15, 0.2) is 0 Å². The molecule has 9 nitrogen and oxygen atoms in total. The van der Waals surface area contributed by atoms with Gasteiger partial charge in [0.1, 0.15) is 0 Å². The van der Waals surface area contributed by atoms with Crippen molar-refractivity contribution < 1.29 is 19.6 Å². The molecule has 3 rings (SSSR count). The number of nitro groups is 1. The highest BCUT2D eigenvalue weighted by Crippen LogP contribution is 2.32. The number of anilines is 1. The van der Waals surface area contributed by atoms with E-state index >= 15 is 0 Å². The lowest BCUT2D eigenvalue weighted by Crippen LogP contribution is -2.32. The lowest BCUT2D eigenvalue weighted by atomic mass is 10.1. The summed E-state index contributed by atoms with van der Waals surface area (Å²) < 4.78 is 0.337. The SMILES string of the molecule is O=C(NN=Cc1cc(Br)cc([N+](=O)[O-])c1O)C(=O)Nc1cccc2ccccc12. The zero-order valence-electron chi connectivity index (χ0n) is 14.6. The van der Waals surface area contributed by atoms with Crippen LogP contribution in [0.1, 0.15) is 5.56 Å². The highest BCUT2D eigenvalue weighted by atomic mass is 79.9. The number of nitro benzene ring substituents is 1. The number of nitrogens with zero attached hydrogens (tertiary/aromatic N) is 2. The monoisotopic (exact) mass is 456 g/mol. The first kappa shape index (κ1) is 20.0. The van der Waals surface area contributed by atoms with Gasteiger partial charge in [0, 0.05) is 27.2 Å². The normalized spacial score (nSPS) is 10.8. The van der Waals surface area contributed by atoms with Crippen LogP contribution in [0, 0.1) is 10.1 Å². The molecule has 0 atom stereocenters. The number of hydrogen-bond donors (Lipinski definition) is 3. The number of aromatic hydroxyl groups is 1. The quantitative estimate of drug-likeness (QED) is 0.239. The van der Waals surface area contributed by atoms with E-state index in [1.54, 1.807) is 12.1 Å². The number of fused-ring (bicyclic) bond motifs is 1. The molecule has 2 amide bonds. The molecule has 146 valence electrons. The topological polar surface area (TPSA) is 134 Å². The minimum Gasteiger partial charge on any atom is -0.502 e. The second kappa shape index (κ2) is 8.48. The largest absolute Gasteiger partial charge is 0.502 e. The molecule has 10 heteroatoms.